The average Bonchev–Trinajstić information content (AvgIpc) is 2.45. The summed E-state index contributed by atoms with van der Waals surface area (Å²) in [7, 11) is 0. The molecule has 0 fully saturated rings. The fourth-order valence-corrected chi connectivity index (χ4v) is 2.31. The molecule has 0 bridgehead atoms. The number of halogens is 3. The second kappa shape index (κ2) is 6.07. The molecule has 118 valence electrons. The van der Waals surface area contributed by atoms with E-state index in [1.54, 1.807) is 30.3 Å². The molecule has 0 aliphatic carbocycles. The summed E-state index contributed by atoms with van der Waals surface area (Å²) in [5.41, 5.74) is 0.469. The Bertz CT molecular complexity index is 647. The Hall–Kier alpha value is -1.91. The van der Waals surface area contributed by atoms with Crippen LogP contribution in [-0.2, 0) is 6.18 Å². The van der Waals surface area contributed by atoms with Gasteiger partial charge >= 0.3 is 6.18 Å². The van der Waals surface area contributed by atoms with Gasteiger partial charge in [-0.15, -0.1) is 0 Å². The van der Waals surface area contributed by atoms with Gasteiger partial charge in [-0.05, 0) is 11.8 Å². The highest BCUT2D eigenvalue weighted by Gasteiger charge is 2.38. The number of hydrogen-bond donors (Lipinski definition) is 0. The Morgan fingerprint density at radius 1 is 0.818 bits per heavy atom. The van der Waals surface area contributed by atoms with Crippen molar-refractivity contribution in [2.45, 2.75) is 45.7 Å². The topological polar surface area (TPSA) is 25.8 Å². The third-order valence-corrected chi connectivity index (χ3v) is 3.36. The lowest BCUT2D eigenvalue weighted by molar-refractivity contribution is -0.141. The predicted octanol–water partition coefficient (Wildman–Crippen LogP) is 5.41. The maximum absolute atomic E-state index is 13.4. The third-order valence-electron chi connectivity index (χ3n) is 3.36. The molecular formula is C17H19F3N2. The van der Waals surface area contributed by atoms with Gasteiger partial charge < -0.3 is 0 Å². The Morgan fingerprint density at radius 2 is 1.32 bits per heavy atom. The third kappa shape index (κ3) is 3.29. The van der Waals surface area contributed by atoms with Crippen LogP contribution in [0, 0.1) is 0 Å². The van der Waals surface area contributed by atoms with Crippen molar-refractivity contribution < 1.29 is 13.2 Å². The minimum absolute atomic E-state index is 0.00893. The Kier molecular flexibility index (Phi) is 4.54. The van der Waals surface area contributed by atoms with Crippen molar-refractivity contribution in [1.82, 2.24) is 9.97 Å². The fraction of sp³-hybridized carbons (Fsp3) is 0.412. The molecule has 0 aliphatic rings. The van der Waals surface area contributed by atoms with Crippen LogP contribution >= 0.6 is 0 Å². The number of benzene rings is 1. The minimum Gasteiger partial charge on any atom is -0.248 e. The Morgan fingerprint density at radius 3 is 1.77 bits per heavy atom. The van der Waals surface area contributed by atoms with Crippen LogP contribution < -0.4 is 0 Å². The maximum Gasteiger partial charge on any atom is 0.435 e. The molecule has 5 heteroatoms. The lowest BCUT2D eigenvalue weighted by atomic mass is 9.98. The summed E-state index contributed by atoms with van der Waals surface area (Å²) in [5, 5.41) is 0. The summed E-state index contributed by atoms with van der Waals surface area (Å²) in [4.78, 5) is 8.30. The number of rotatable bonds is 3. The van der Waals surface area contributed by atoms with Crippen molar-refractivity contribution in [2.24, 2.45) is 0 Å². The van der Waals surface area contributed by atoms with E-state index in [9.17, 15) is 13.2 Å². The molecule has 0 aliphatic heterocycles. The van der Waals surface area contributed by atoms with Crippen LogP contribution in [0.15, 0.2) is 30.3 Å². The highest BCUT2D eigenvalue weighted by atomic mass is 19.4. The quantitative estimate of drug-likeness (QED) is 0.757. The van der Waals surface area contributed by atoms with Gasteiger partial charge in [0.25, 0.3) is 0 Å². The second-order valence-corrected chi connectivity index (χ2v) is 5.86. The molecule has 0 radical (unpaired) electrons. The van der Waals surface area contributed by atoms with Gasteiger partial charge in [-0.25, -0.2) is 9.97 Å². The van der Waals surface area contributed by atoms with E-state index >= 15 is 0 Å². The van der Waals surface area contributed by atoms with Gasteiger partial charge in [0.15, 0.2) is 5.69 Å². The SMILES string of the molecule is CC(C)c1nc(-c2ccccc2)c(C(F)(F)F)nc1C(C)C. The van der Waals surface area contributed by atoms with Crippen LogP contribution in [0.5, 0.6) is 0 Å². The largest absolute Gasteiger partial charge is 0.435 e. The molecule has 0 amide bonds. The Balaban J connectivity index is 2.78. The maximum atomic E-state index is 13.4. The summed E-state index contributed by atoms with van der Waals surface area (Å²) >= 11 is 0. The molecule has 0 N–H and O–H groups in total. The smallest absolute Gasteiger partial charge is 0.248 e. The van der Waals surface area contributed by atoms with E-state index in [1.807, 2.05) is 27.7 Å². The lowest BCUT2D eigenvalue weighted by Gasteiger charge is -2.19. The van der Waals surface area contributed by atoms with E-state index in [0.717, 1.165) is 0 Å². The first-order valence-electron chi connectivity index (χ1n) is 7.26. The van der Waals surface area contributed by atoms with Crippen LogP contribution in [0.25, 0.3) is 11.3 Å². The van der Waals surface area contributed by atoms with Crippen molar-refractivity contribution in [3.8, 4) is 11.3 Å². The molecule has 0 unspecified atom stereocenters. The molecule has 0 spiro atoms. The van der Waals surface area contributed by atoms with Gasteiger partial charge in [0, 0.05) is 5.56 Å². The van der Waals surface area contributed by atoms with Gasteiger partial charge in [0.2, 0.25) is 0 Å². The zero-order valence-corrected chi connectivity index (χ0v) is 13.1. The van der Waals surface area contributed by atoms with Gasteiger partial charge in [-0.1, -0.05) is 58.0 Å². The molecular weight excluding hydrogens is 289 g/mol. The summed E-state index contributed by atoms with van der Waals surface area (Å²) in [5.74, 6) is -0.106. The van der Waals surface area contributed by atoms with E-state index in [1.165, 1.54) is 0 Å². The molecule has 1 aromatic carbocycles. The summed E-state index contributed by atoms with van der Waals surface area (Å²) in [6.07, 6.45) is -4.53. The van der Waals surface area contributed by atoms with E-state index in [4.69, 9.17) is 0 Å². The van der Waals surface area contributed by atoms with Crippen molar-refractivity contribution >= 4 is 0 Å². The zero-order chi connectivity index (χ0) is 16.5. The van der Waals surface area contributed by atoms with Gasteiger partial charge in [-0.3, -0.25) is 0 Å². The average molecular weight is 308 g/mol. The normalized spacial score (nSPS) is 12.2. The minimum atomic E-state index is -4.53. The van der Waals surface area contributed by atoms with Crippen LogP contribution in [0.4, 0.5) is 13.2 Å². The first-order valence-corrected chi connectivity index (χ1v) is 7.26. The molecule has 2 rings (SSSR count). The summed E-state index contributed by atoms with van der Waals surface area (Å²) in [6, 6.07) is 8.40. The van der Waals surface area contributed by atoms with Gasteiger partial charge in [0.1, 0.15) is 5.69 Å². The standard InChI is InChI=1S/C17H19F3N2/c1-10(2)13-14(11(3)4)22-16(17(18,19)20)15(21-13)12-8-6-5-7-9-12/h5-11H,1-4H3. The van der Waals surface area contributed by atoms with Crippen molar-refractivity contribution in [3.05, 3.63) is 47.4 Å². The van der Waals surface area contributed by atoms with Crippen molar-refractivity contribution in [1.29, 1.82) is 0 Å². The number of hydrogen-bond acceptors (Lipinski definition) is 2. The van der Waals surface area contributed by atoms with Crippen LogP contribution in [0.1, 0.15) is 56.6 Å². The first-order chi connectivity index (χ1) is 10.2. The molecule has 22 heavy (non-hydrogen) atoms. The summed E-state index contributed by atoms with van der Waals surface area (Å²) < 4.78 is 40.2. The van der Waals surface area contributed by atoms with E-state index in [0.29, 0.717) is 17.0 Å². The molecule has 0 atom stereocenters. The summed E-state index contributed by atoms with van der Waals surface area (Å²) in [6.45, 7) is 7.49. The number of aromatic nitrogens is 2. The molecule has 2 aromatic rings. The highest BCUT2D eigenvalue weighted by Crippen LogP contribution is 2.37. The van der Waals surface area contributed by atoms with Crippen molar-refractivity contribution in [3.63, 3.8) is 0 Å². The van der Waals surface area contributed by atoms with E-state index in [2.05, 4.69) is 9.97 Å². The fourth-order valence-electron chi connectivity index (χ4n) is 2.31. The van der Waals surface area contributed by atoms with Gasteiger partial charge in [0.05, 0.1) is 11.4 Å². The first kappa shape index (κ1) is 16.5. The predicted molar refractivity (Wildman–Crippen MR) is 80.6 cm³/mol. The van der Waals surface area contributed by atoms with E-state index in [-0.39, 0.29) is 17.5 Å². The zero-order valence-electron chi connectivity index (χ0n) is 13.1. The number of nitrogens with zero attached hydrogens (tertiary/aromatic N) is 2. The highest BCUT2D eigenvalue weighted by molar-refractivity contribution is 5.62. The number of alkyl halides is 3. The second-order valence-electron chi connectivity index (χ2n) is 5.86. The van der Waals surface area contributed by atoms with Gasteiger partial charge in [-0.2, -0.15) is 13.2 Å². The molecule has 1 heterocycles. The molecule has 0 saturated heterocycles. The lowest BCUT2D eigenvalue weighted by Crippen LogP contribution is -2.17. The van der Waals surface area contributed by atoms with Crippen molar-refractivity contribution in [2.75, 3.05) is 0 Å². The monoisotopic (exact) mass is 308 g/mol. The molecule has 0 saturated carbocycles. The van der Waals surface area contributed by atoms with Crippen LogP contribution in [-0.4, -0.2) is 9.97 Å². The van der Waals surface area contributed by atoms with Crippen LogP contribution in [0.2, 0.25) is 0 Å². The van der Waals surface area contributed by atoms with Crippen LogP contribution in [0.3, 0.4) is 0 Å². The molecule has 2 nitrogen and oxygen atoms in total. The van der Waals surface area contributed by atoms with E-state index < -0.39 is 11.9 Å². The molecule has 1 aromatic heterocycles. The Labute approximate surface area is 128 Å².